The lowest BCUT2D eigenvalue weighted by atomic mass is 10.0. The first-order valence-corrected chi connectivity index (χ1v) is 10.4. The molecule has 2 aromatic carbocycles. The molecule has 0 unspecified atom stereocenters. The lowest BCUT2D eigenvalue weighted by molar-refractivity contribution is 0.117. The summed E-state index contributed by atoms with van der Waals surface area (Å²) in [5.74, 6) is 0.246. The summed E-state index contributed by atoms with van der Waals surface area (Å²) in [4.78, 5) is 0.241. The number of methoxy groups -OCH3 is 1. The number of benzene rings is 2. The van der Waals surface area contributed by atoms with Crippen molar-refractivity contribution in [1.82, 2.24) is 0 Å². The van der Waals surface area contributed by atoms with Crippen LogP contribution in [0.3, 0.4) is 0 Å². The van der Waals surface area contributed by atoms with E-state index in [-0.39, 0.29) is 11.5 Å². The molecule has 0 bridgehead atoms. The summed E-state index contributed by atoms with van der Waals surface area (Å²) in [5, 5.41) is 9.09. The summed E-state index contributed by atoms with van der Waals surface area (Å²) < 4.78 is 37.3. The zero-order chi connectivity index (χ0) is 19.7. The summed E-state index contributed by atoms with van der Waals surface area (Å²) in [5.41, 5.74) is 0.698. The molecule has 5 nitrogen and oxygen atoms in total. The first kappa shape index (κ1) is 19.4. The molecule has 0 N–H and O–H groups in total. The second kappa shape index (κ2) is 7.34. The first-order valence-electron chi connectivity index (χ1n) is 8.84. The molecule has 3 rings (SSSR count). The van der Waals surface area contributed by atoms with E-state index in [0.717, 1.165) is 11.1 Å². The normalized spacial score (nSPS) is 24.2. The molecule has 142 valence electrons. The monoisotopic (exact) mass is 385 g/mol. The van der Waals surface area contributed by atoms with Crippen LogP contribution in [0.2, 0.25) is 0 Å². The first-order chi connectivity index (χ1) is 12.9. The fraction of sp³-hybridized carbons (Fsp3) is 0.381. The maximum atomic E-state index is 13.3. The molecule has 0 spiro atoms. The van der Waals surface area contributed by atoms with Crippen LogP contribution in [0, 0.1) is 23.7 Å². The third-order valence-corrected chi connectivity index (χ3v) is 7.46. The van der Waals surface area contributed by atoms with Crippen LogP contribution in [0.25, 0.3) is 0 Å². The Balaban J connectivity index is 2.04. The van der Waals surface area contributed by atoms with Gasteiger partial charge in [-0.1, -0.05) is 29.8 Å². The quantitative estimate of drug-likeness (QED) is 0.729. The zero-order valence-corrected chi connectivity index (χ0v) is 16.5. The predicted molar refractivity (Wildman–Crippen MR) is 102 cm³/mol. The zero-order valence-electron chi connectivity index (χ0n) is 15.7. The van der Waals surface area contributed by atoms with Crippen molar-refractivity contribution in [3.8, 4) is 11.8 Å². The van der Waals surface area contributed by atoms with Crippen molar-refractivity contribution in [3.63, 3.8) is 0 Å². The van der Waals surface area contributed by atoms with Crippen molar-refractivity contribution in [3.05, 3.63) is 59.7 Å². The number of hydrogen-bond donors (Lipinski definition) is 0. The van der Waals surface area contributed by atoms with Crippen LogP contribution in [0.4, 0.5) is 0 Å². The highest BCUT2D eigenvalue weighted by Crippen LogP contribution is 2.64. The van der Waals surface area contributed by atoms with Gasteiger partial charge in [0.15, 0.2) is 9.84 Å². The molecule has 2 aromatic rings. The van der Waals surface area contributed by atoms with E-state index >= 15 is 0 Å². The second-order valence-electron chi connectivity index (χ2n) is 6.82. The molecule has 6 heteroatoms. The van der Waals surface area contributed by atoms with Crippen molar-refractivity contribution in [2.75, 3.05) is 20.3 Å². The Bertz CT molecular complexity index is 945. The topological polar surface area (TPSA) is 76.4 Å². The molecular weight excluding hydrogens is 362 g/mol. The smallest absolute Gasteiger partial charge is 0.183 e. The fourth-order valence-electron chi connectivity index (χ4n) is 3.63. The van der Waals surface area contributed by atoms with Gasteiger partial charge in [0.2, 0.25) is 0 Å². The largest absolute Gasteiger partial charge is 0.497 e. The molecule has 1 fully saturated rings. The van der Waals surface area contributed by atoms with Gasteiger partial charge in [0.1, 0.15) is 11.2 Å². The number of nitrogens with zero attached hydrogens (tertiary/aromatic N) is 1. The highest BCUT2D eigenvalue weighted by Gasteiger charge is 2.72. The molecule has 0 radical (unpaired) electrons. The van der Waals surface area contributed by atoms with E-state index in [2.05, 4.69) is 6.07 Å². The minimum atomic E-state index is -3.68. The molecule has 1 aliphatic carbocycles. The van der Waals surface area contributed by atoms with E-state index in [0.29, 0.717) is 12.4 Å². The van der Waals surface area contributed by atoms with E-state index in [1.165, 1.54) is 0 Å². The van der Waals surface area contributed by atoms with Gasteiger partial charge in [0, 0.05) is 12.5 Å². The van der Waals surface area contributed by atoms with Gasteiger partial charge in [-0.2, -0.15) is 5.26 Å². The van der Waals surface area contributed by atoms with Gasteiger partial charge in [-0.15, -0.1) is 0 Å². The number of ether oxygens (including phenoxy) is 2. The fourth-order valence-corrected chi connectivity index (χ4v) is 5.94. The van der Waals surface area contributed by atoms with Gasteiger partial charge >= 0.3 is 0 Å². The SMILES string of the molecule is CCOC[C@@]1(C#N)[C@@H](c2ccc(OC)cc2)[C@@H]1S(=O)(=O)c1ccc(C)cc1. The maximum absolute atomic E-state index is 13.3. The summed E-state index contributed by atoms with van der Waals surface area (Å²) in [6.45, 7) is 4.25. The van der Waals surface area contributed by atoms with Crippen molar-refractivity contribution < 1.29 is 17.9 Å². The Morgan fingerprint density at radius 2 is 1.74 bits per heavy atom. The summed E-state index contributed by atoms with van der Waals surface area (Å²) in [7, 11) is -2.10. The average molecular weight is 385 g/mol. The van der Waals surface area contributed by atoms with Crippen LogP contribution in [0.1, 0.15) is 24.0 Å². The lowest BCUT2D eigenvalue weighted by Gasteiger charge is -2.10. The molecule has 27 heavy (non-hydrogen) atoms. The number of rotatable bonds is 7. The van der Waals surface area contributed by atoms with Crippen LogP contribution in [0.5, 0.6) is 5.75 Å². The molecule has 0 aliphatic heterocycles. The molecular formula is C21H23NO4S. The highest BCUT2D eigenvalue weighted by molar-refractivity contribution is 7.92. The Labute approximate surface area is 160 Å². The molecule has 3 atom stereocenters. The van der Waals surface area contributed by atoms with Gasteiger partial charge in [0.05, 0.1) is 29.9 Å². The summed E-state index contributed by atoms with van der Waals surface area (Å²) >= 11 is 0. The van der Waals surface area contributed by atoms with Gasteiger partial charge in [-0.3, -0.25) is 0 Å². The van der Waals surface area contributed by atoms with E-state index in [1.807, 2.05) is 26.0 Å². The van der Waals surface area contributed by atoms with Crippen molar-refractivity contribution in [1.29, 1.82) is 5.26 Å². The number of nitriles is 1. The third kappa shape index (κ3) is 3.33. The summed E-state index contributed by atoms with van der Waals surface area (Å²) in [6, 6.07) is 16.2. The molecule has 1 saturated carbocycles. The van der Waals surface area contributed by atoms with Crippen LogP contribution < -0.4 is 4.74 Å². The maximum Gasteiger partial charge on any atom is 0.183 e. The minimum Gasteiger partial charge on any atom is -0.497 e. The van der Waals surface area contributed by atoms with Crippen molar-refractivity contribution >= 4 is 9.84 Å². The van der Waals surface area contributed by atoms with Gasteiger partial charge in [-0.25, -0.2) is 8.42 Å². The molecule has 0 aromatic heterocycles. The Kier molecular flexibility index (Phi) is 5.27. The number of hydrogen-bond acceptors (Lipinski definition) is 5. The van der Waals surface area contributed by atoms with Crippen LogP contribution in [-0.4, -0.2) is 34.0 Å². The standard InChI is InChI=1S/C21H23NO4S/c1-4-26-14-21(13-22)19(16-7-9-17(25-3)10-8-16)20(21)27(23,24)18-11-5-15(2)6-12-18/h5-12,19-20H,4,14H2,1-3H3/t19-,20-,21-/m0/s1. The highest BCUT2D eigenvalue weighted by atomic mass is 32.2. The van der Waals surface area contributed by atoms with Gasteiger partial charge < -0.3 is 9.47 Å². The van der Waals surface area contributed by atoms with Gasteiger partial charge in [0.25, 0.3) is 0 Å². The average Bonchev–Trinajstić information content (AvgIpc) is 3.37. The Morgan fingerprint density at radius 3 is 2.26 bits per heavy atom. The Hall–Kier alpha value is -2.36. The molecule has 0 saturated heterocycles. The molecule has 1 aliphatic rings. The second-order valence-corrected chi connectivity index (χ2v) is 8.89. The minimum absolute atomic E-state index is 0.0897. The van der Waals surface area contributed by atoms with E-state index in [9.17, 15) is 13.7 Å². The third-order valence-electron chi connectivity index (χ3n) is 5.17. The van der Waals surface area contributed by atoms with Gasteiger partial charge in [-0.05, 0) is 43.7 Å². The van der Waals surface area contributed by atoms with E-state index in [1.54, 1.807) is 43.5 Å². The number of aryl methyl sites for hydroxylation is 1. The Morgan fingerprint density at radius 1 is 1.11 bits per heavy atom. The molecule has 0 heterocycles. The van der Waals surface area contributed by atoms with E-state index in [4.69, 9.17) is 9.47 Å². The van der Waals surface area contributed by atoms with Crippen LogP contribution >= 0.6 is 0 Å². The lowest BCUT2D eigenvalue weighted by Crippen LogP contribution is -2.19. The predicted octanol–water partition coefficient (Wildman–Crippen LogP) is 3.49. The van der Waals surface area contributed by atoms with E-state index < -0.39 is 26.4 Å². The van der Waals surface area contributed by atoms with Crippen LogP contribution in [0.15, 0.2) is 53.4 Å². The van der Waals surface area contributed by atoms with Crippen molar-refractivity contribution in [2.45, 2.75) is 29.9 Å². The van der Waals surface area contributed by atoms with Crippen molar-refractivity contribution in [2.24, 2.45) is 5.41 Å². The molecule has 0 amide bonds. The number of sulfone groups is 1. The van der Waals surface area contributed by atoms with Crippen LogP contribution in [-0.2, 0) is 14.6 Å². The summed E-state index contributed by atoms with van der Waals surface area (Å²) in [6.07, 6.45) is 0.